The molecular weight excluding hydrogens is 320 g/mol. The molecule has 1 rings (SSSR count). The minimum absolute atomic E-state index is 0.619. The van der Waals surface area contributed by atoms with E-state index in [4.69, 9.17) is 0 Å². The Morgan fingerprint density at radius 3 is 2.40 bits per heavy atom. The zero-order valence-corrected chi connectivity index (χ0v) is 10.2. The van der Waals surface area contributed by atoms with Crippen LogP contribution in [0.5, 0.6) is 5.75 Å². The maximum absolute atomic E-state index is 13.1. The fraction of sp³-hybridized carbons (Fsp3) is 0.333. The molecule has 0 aliphatic carbocycles. The van der Waals surface area contributed by atoms with Crippen molar-refractivity contribution < 1.29 is 44.2 Å². The molecule has 11 heteroatoms. The normalized spacial score (nSPS) is 16.6. The van der Waals surface area contributed by atoms with Crippen LogP contribution in [-0.2, 0) is 9.09 Å². The van der Waals surface area contributed by atoms with E-state index in [1.807, 2.05) is 0 Å². The van der Waals surface area contributed by atoms with E-state index in [9.17, 15) is 35.1 Å². The van der Waals surface area contributed by atoms with Crippen molar-refractivity contribution in [2.75, 3.05) is 0 Å². The standard InChI is InChI=1S/C9H6F7O3P/c10-5-2-1-3-6(8(5)12)18-20(16,17)19-7(11)4-9(13,14)15/h1-3,7H,4H2. The summed E-state index contributed by atoms with van der Waals surface area (Å²) in [7, 11) is -5.89. The van der Waals surface area contributed by atoms with Crippen LogP contribution in [0.4, 0.5) is 30.5 Å². The fourth-order valence-corrected chi connectivity index (χ4v) is 1.82. The van der Waals surface area contributed by atoms with Crippen molar-refractivity contribution in [1.82, 2.24) is 0 Å². The molecule has 0 bridgehead atoms. The summed E-state index contributed by atoms with van der Waals surface area (Å²) in [5, 5.41) is 0. The van der Waals surface area contributed by atoms with E-state index in [2.05, 4.69) is 9.05 Å². The molecule has 1 aromatic rings. The van der Waals surface area contributed by atoms with Crippen molar-refractivity contribution in [2.24, 2.45) is 0 Å². The summed E-state index contributed by atoms with van der Waals surface area (Å²) >= 11 is 0. The molecule has 2 atom stereocenters. The van der Waals surface area contributed by atoms with E-state index in [0.717, 1.165) is 6.07 Å². The lowest BCUT2D eigenvalue weighted by molar-refractivity contribution is -0.167. The molecule has 20 heavy (non-hydrogen) atoms. The monoisotopic (exact) mass is 326 g/mol. The maximum atomic E-state index is 13.1. The molecule has 1 aromatic carbocycles. The highest BCUT2D eigenvalue weighted by molar-refractivity contribution is 7.48. The third kappa shape index (κ3) is 5.38. The highest BCUT2D eigenvalue weighted by Crippen LogP contribution is 2.52. The van der Waals surface area contributed by atoms with Gasteiger partial charge in [0.15, 0.2) is 11.6 Å². The van der Waals surface area contributed by atoms with Gasteiger partial charge in [-0.15, -0.1) is 4.20 Å². The molecule has 0 aliphatic rings. The predicted molar refractivity (Wildman–Crippen MR) is 52.4 cm³/mol. The third-order valence-corrected chi connectivity index (χ3v) is 2.65. The van der Waals surface area contributed by atoms with Gasteiger partial charge >= 0.3 is 14.1 Å². The van der Waals surface area contributed by atoms with Gasteiger partial charge in [0.25, 0.3) is 0 Å². The van der Waals surface area contributed by atoms with Gasteiger partial charge in [0.1, 0.15) is 6.42 Å². The Kier molecular flexibility index (Phi) is 5.04. The Hall–Kier alpha value is -1.28. The molecule has 3 nitrogen and oxygen atoms in total. The second-order valence-corrected chi connectivity index (χ2v) is 4.66. The van der Waals surface area contributed by atoms with Gasteiger partial charge in [0.2, 0.25) is 12.2 Å². The first-order valence-corrected chi connectivity index (χ1v) is 6.26. The highest BCUT2D eigenvalue weighted by atomic mass is 31.2. The van der Waals surface area contributed by atoms with Crippen LogP contribution in [0.3, 0.4) is 0 Å². The fourth-order valence-electron chi connectivity index (χ4n) is 1.05. The van der Waals surface area contributed by atoms with E-state index in [1.54, 1.807) is 0 Å². The Balaban J connectivity index is 2.75. The minimum Gasteiger partial charge on any atom is -0.398 e. The molecule has 2 unspecified atom stereocenters. The van der Waals surface area contributed by atoms with Gasteiger partial charge in [0.05, 0.1) is 0 Å². The van der Waals surface area contributed by atoms with Crippen LogP contribution >= 0.6 is 7.91 Å². The van der Waals surface area contributed by atoms with Crippen molar-refractivity contribution in [3.05, 3.63) is 29.8 Å². The molecule has 0 fully saturated rings. The largest absolute Gasteiger partial charge is 0.572 e. The highest BCUT2D eigenvalue weighted by Gasteiger charge is 2.39. The van der Waals surface area contributed by atoms with Crippen molar-refractivity contribution in [3.63, 3.8) is 0 Å². The molecule has 0 saturated heterocycles. The smallest absolute Gasteiger partial charge is 0.398 e. The Morgan fingerprint density at radius 2 is 1.85 bits per heavy atom. The van der Waals surface area contributed by atoms with E-state index in [0.29, 0.717) is 12.1 Å². The molecule has 0 spiro atoms. The van der Waals surface area contributed by atoms with Crippen LogP contribution in [-0.4, -0.2) is 12.5 Å². The molecule has 114 valence electrons. The van der Waals surface area contributed by atoms with Gasteiger partial charge in [0, 0.05) is 0 Å². The van der Waals surface area contributed by atoms with Crippen LogP contribution in [0.25, 0.3) is 0 Å². The molecule has 0 saturated carbocycles. The maximum Gasteiger partial charge on any atom is 0.572 e. The zero-order valence-electron chi connectivity index (χ0n) is 9.33. The average Bonchev–Trinajstić information content (AvgIpc) is 2.20. The van der Waals surface area contributed by atoms with E-state index >= 15 is 0 Å². The van der Waals surface area contributed by atoms with Gasteiger partial charge in [-0.2, -0.15) is 17.6 Å². The second kappa shape index (κ2) is 6.01. The molecule has 0 radical (unpaired) electrons. The van der Waals surface area contributed by atoms with E-state index < -0.39 is 44.2 Å². The molecule has 0 aromatic heterocycles. The summed E-state index contributed by atoms with van der Waals surface area (Å²) in [6, 6.07) is 2.09. The number of hydrogen-bond acceptors (Lipinski definition) is 3. The van der Waals surface area contributed by atoms with Crippen molar-refractivity contribution in [2.45, 2.75) is 19.0 Å². The van der Waals surface area contributed by atoms with Crippen LogP contribution in [0.1, 0.15) is 6.42 Å². The number of benzene rings is 1. The van der Waals surface area contributed by atoms with Crippen LogP contribution < -0.4 is 4.52 Å². The lowest BCUT2D eigenvalue weighted by Crippen LogP contribution is -2.18. The van der Waals surface area contributed by atoms with Crippen molar-refractivity contribution in [1.29, 1.82) is 0 Å². The quantitative estimate of drug-likeness (QED) is 0.582. The number of hydrogen-bond donors (Lipinski definition) is 0. The summed E-state index contributed by atoms with van der Waals surface area (Å²) < 4.78 is 105. The first-order chi connectivity index (χ1) is 9.00. The molecular formula is C9H6F7O3P. The van der Waals surface area contributed by atoms with E-state index in [-0.39, 0.29) is 0 Å². The third-order valence-electron chi connectivity index (χ3n) is 1.76. The molecule has 0 N–H and O–H groups in total. The van der Waals surface area contributed by atoms with Gasteiger partial charge in [-0.05, 0) is 12.1 Å². The molecule has 0 amide bonds. The van der Waals surface area contributed by atoms with Gasteiger partial charge in [-0.1, -0.05) is 6.07 Å². The summed E-state index contributed by atoms with van der Waals surface area (Å²) in [4.78, 5) is 0. The zero-order chi connectivity index (χ0) is 15.6. The summed E-state index contributed by atoms with van der Waals surface area (Å²) in [6.07, 6.45) is -10.6. The van der Waals surface area contributed by atoms with Gasteiger partial charge in [-0.3, -0.25) is 0 Å². The molecule has 0 heterocycles. The SMILES string of the molecule is O=P(F)(Oc1cccc(F)c1F)OC(F)CC(F)(F)F. The van der Waals surface area contributed by atoms with Crippen LogP contribution in [0, 0.1) is 11.6 Å². The number of rotatable bonds is 5. The average molecular weight is 326 g/mol. The minimum atomic E-state index is -5.89. The topological polar surface area (TPSA) is 35.5 Å². The first kappa shape index (κ1) is 16.8. The van der Waals surface area contributed by atoms with E-state index in [1.165, 1.54) is 0 Å². The van der Waals surface area contributed by atoms with Gasteiger partial charge < -0.3 is 4.52 Å². The number of alkyl halides is 4. The Bertz CT molecular complexity index is 519. The van der Waals surface area contributed by atoms with Crippen molar-refractivity contribution in [3.8, 4) is 5.75 Å². The number of halogens is 7. The van der Waals surface area contributed by atoms with Crippen molar-refractivity contribution >= 4 is 7.91 Å². The summed E-state index contributed by atoms with van der Waals surface area (Å²) in [6.45, 7) is 0. The summed E-state index contributed by atoms with van der Waals surface area (Å²) in [5.41, 5.74) is 0. The molecule has 0 aliphatic heterocycles. The lowest BCUT2D eigenvalue weighted by Gasteiger charge is -2.15. The predicted octanol–water partition coefficient (Wildman–Crippen LogP) is 4.69. The van der Waals surface area contributed by atoms with Gasteiger partial charge in [-0.25, -0.2) is 17.9 Å². The first-order valence-electron chi connectivity index (χ1n) is 4.83. The Labute approximate surface area is 107 Å². The summed E-state index contributed by atoms with van der Waals surface area (Å²) in [5.74, 6) is -4.47. The van der Waals surface area contributed by atoms with Crippen LogP contribution in [0.2, 0.25) is 0 Å². The second-order valence-electron chi connectivity index (χ2n) is 3.41. The Morgan fingerprint density at radius 1 is 1.25 bits per heavy atom. The lowest BCUT2D eigenvalue weighted by atomic mass is 10.3. The van der Waals surface area contributed by atoms with Crippen LogP contribution in [0.15, 0.2) is 18.2 Å².